The minimum absolute atomic E-state index is 0.0307. The Morgan fingerprint density at radius 2 is 1.68 bits per heavy atom. The SMILES string of the molecule is CCN(C1CCN(C(=O)C2CC3CCCC(C2)C3N)CC1)S(C)(=O)=O. The van der Waals surface area contributed by atoms with E-state index in [1.807, 2.05) is 11.8 Å². The summed E-state index contributed by atoms with van der Waals surface area (Å²) in [5.41, 5.74) is 6.35. The van der Waals surface area contributed by atoms with Crippen LogP contribution in [-0.2, 0) is 14.8 Å². The molecule has 3 rings (SSSR count). The van der Waals surface area contributed by atoms with E-state index >= 15 is 0 Å². The Labute approximate surface area is 152 Å². The second-order valence-electron chi connectivity index (χ2n) is 8.22. The topological polar surface area (TPSA) is 83.7 Å². The average molecular weight is 372 g/mol. The molecule has 25 heavy (non-hydrogen) atoms. The van der Waals surface area contributed by atoms with Crippen molar-refractivity contribution in [3.63, 3.8) is 0 Å². The van der Waals surface area contributed by atoms with Crippen LogP contribution in [0.3, 0.4) is 0 Å². The van der Waals surface area contributed by atoms with Crippen LogP contribution in [0.4, 0.5) is 0 Å². The summed E-state index contributed by atoms with van der Waals surface area (Å²) < 4.78 is 25.4. The molecule has 3 fully saturated rings. The second kappa shape index (κ2) is 7.53. The van der Waals surface area contributed by atoms with Crippen molar-refractivity contribution in [3.05, 3.63) is 0 Å². The van der Waals surface area contributed by atoms with Gasteiger partial charge in [-0.1, -0.05) is 13.3 Å². The summed E-state index contributed by atoms with van der Waals surface area (Å²) in [5.74, 6) is 1.44. The molecule has 0 aromatic carbocycles. The molecule has 1 amide bonds. The molecule has 1 saturated heterocycles. The van der Waals surface area contributed by atoms with E-state index in [-0.39, 0.29) is 23.9 Å². The van der Waals surface area contributed by atoms with E-state index in [1.165, 1.54) is 25.5 Å². The number of nitrogens with zero attached hydrogens (tertiary/aromatic N) is 2. The van der Waals surface area contributed by atoms with Crippen molar-refractivity contribution in [1.29, 1.82) is 0 Å². The van der Waals surface area contributed by atoms with Crippen LogP contribution in [0.25, 0.3) is 0 Å². The second-order valence-corrected chi connectivity index (χ2v) is 10.2. The molecule has 0 aromatic heterocycles. The molecule has 0 radical (unpaired) electrons. The third-order valence-electron chi connectivity index (χ3n) is 6.68. The van der Waals surface area contributed by atoms with Gasteiger partial charge in [0.25, 0.3) is 0 Å². The summed E-state index contributed by atoms with van der Waals surface area (Å²) in [6.45, 7) is 3.73. The Kier molecular flexibility index (Phi) is 5.75. The Morgan fingerprint density at radius 1 is 1.12 bits per heavy atom. The molecule has 2 unspecified atom stereocenters. The molecule has 2 N–H and O–H groups in total. The Morgan fingerprint density at radius 3 is 2.16 bits per heavy atom. The van der Waals surface area contributed by atoms with Gasteiger partial charge in [0.15, 0.2) is 0 Å². The van der Waals surface area contributed by atoms with Crippen LogP contribution in [0, 0.1) is 17.8 Å². The molecule has 2 saturated carbocycles. The minimum Gasteiger partial charge on any atom is -0.342 e. The molecule has 6 nitrogen and oxygen atoms in total. The summed E-state index contributed by atoms with van der Waals surface area (Å²) in [6, 6.07) is 0.319. The molecule has 7 heteroatoms. The maximum absolute atomic E-state index is 13.0. The number of nitrogens with two attached hydrogens (primary N) is 1. The lowest BCUT2D eigenvalue weighted by Crippen LogP contribution is -2.52. The zero-order valence-electron chi connectivity index (χ0n) is 15.6. The molecule has 2 bridgehead atoms. The number of carbonyl (C=O) groups excluding carboxylic acids is 1. The molecule has 144 valence electrons. The van der Waals surface area contributed by atoms with E-state index in [1.54, 1.807) is 4.31 Å². The van der Waals surface area contributed by atoms with Crippen LogP contribution in [0.1, 0.15) is 51.9 Å². The predicted octanol–water partition coefficient (Wildman–Crippen LogP) is 1.41. The van der Waals surface area contributed by atoms with Gasteiger partial charge in [0, 0.05) is 37.6 Å². The molecular weight excluding hydrogens is 338 g/mol. The Bertz CT molecular complexity index is 572. The fraction of sp³-hybridized carbons (Fsp3) is 0.944. The van der Waals surface area contributed by atoms with Gasteiger partial charge in [-0.2, -0.15) is 4.31 Å². The van der Waals surface area contributed by atoms with Gasteiger partial charge in [-0.05, 0) is 50.4 Å². The van der Waals surface area contributed by atoms with E-state index in [4.69, 9.17) is 5.73 Å². The van der Waals surface area contributed by atoms with Gasteiger partial charge in [-0.25, -0.2) is 8.42 Å². The highest BCUT2D eigenvalue weighted by Crippen LogP contribution is 2.42. The lowest BCUT2D eigenvalue weighted by atomic mass is 9.65. The van der Waals surface area contributed by atoms with Crippen LogP contribution in [-0.4, -0.2) is 61.5 Å². The molecule has 0 spiro atoms. The predicted molar refractivity (Wildman–Crippen MR) is 98.4 cm³/mol. The average Bonchev–Trinajstić information content (AvgIpc) is 2.54. The molecule has 2 aliphatic carbocycles. The maximum Gasteiger partial charge on any atom is 0.225 e. The van der Waals surface area contributed by atoms with Crippen molar-refractivity contribution < 1.29 is 13.2 Å². The van der Waals surface area contributed by atoms with Gasteiger partial charge in [0.05, 0.1) is 6.26 Å². The van der Waals surface area contributed by atoms with Gasteiger partial charge in [-0.15, -0.1) is 0 Å². The van der Waals surface area contributed by atoms with Gasteiger partial charge in [0.1, 0.15) is 0 Å². The Balaban J connectivity index is 1.57. The molecule has 2 atom stereocenters. The summed E-state index contributed by atoms with van der Waals surface area (Å²) >= 11 is 0. The lowest BCUT2D eigenvalue weighted by molar-refractivity contribution is -0.140. The summed E-state index contributed by atoms with van der Waals surface area (Å²) in [6.07, 6.45) is 8.25. The van der Waals surface area contributed by atoms with Crippen molar-refractivity contribution in [2.45, 2.75) is 64.0 Å². The van der Waals surface area contributed by atoms with Crippen LogP contribution in [0.2, 0.25) is 0 Å². The smallest absolute Gasteiger partial charge is 0.225 e. The third-order valence-corrected chi connectivity index (χ3v) is 8.09. The first-order valence-electron chi connectivity index (χ1n) is 9.82. The number of rotatable bonds is 4. The van der Waals surface area contributed by atoms with Crippen molar-refractivity contribution in [2.75, 3.05) is 25.9 Å². The van der Waals surface area contributed by atoms with Gasteiger partial charge < -0.3 is 10.6 Å². The van der Waals surface area contributed by atoms with E-state index < -0.39 is 10.0 Å². The number of carbonyl (C=O) groups is 1. The third kappa shape index (κ3) is 4.03. The monoisotopic (exact) mass is 371 g/mol. The van der Waals surface area contributed by atoms with Crippen LogP contribution in [0.5, 0.6) is 0 Å². The highest BCUT2D eigenvalue weighted by Gasteiger charge is 2.42. The van der Waals surface area contributed by atoms with Gasteiger partial charge in [0.2, 0.25) is 15.9 Å². The standard InChI is InChI=1S/C18H33N3O3S/c1-3-21(25(2,23)24)16-7-9-20(10-8-16)18(22)15-11-13-5-4-6-14(12-15)17(13)19/h13-17H,3-12,19H2,1-2H3. The zero-order chi connectivity index (χ0) is 18.2. The van der Waals surface area contributed by atoms with Crippen LogP contribution in [0.15, 0.2) is 0 Å². The lowest BCUT2D eigenvalue weighted by Gasteiger charge is -2.45. The number of piperidine rings is 1. The van der Waals surface area contributed by atoms with Crippen molar-refractivity contribution >= 4 is 15.9 Å². The fourth-order valence-electron chi connectivity index (χ4n) is 5.39. The molecule has 3 aliphatic rings. The number of sulfonamides is 1. The fourth-order valence-corrected chi connectivity index (χ4v) is 6.61. The zero-order valence-corrected chi connectivity index (χ0v) is 16.4. The number of hydrogen-bond donors (Lipinski definition) is 1. The largest absolute Gasteiger partial charge is 0.342 e. The quantitative estimate of drug-likeness (QED) is 0.810. The van der Waals surface area contributed by atoms with Crippen molar-refractivity contribution in [2.24, 2.45) is 23.5 Å². The number of amides is 1. The van der Waals surface area contributed by atoms with Crippen LogP contribution < -0.4 is 5.73 Å². The van der Waals surface area contributed by atoms with Crippen molar-refractivity contribution in [1.82, 2.24) is 9.21 Å². The number of likely N-dealkylation sites (tertiary alicyclic amines) is 1. The van der Waals surface area contributed by atoms with E-state index in [2.05, 4.69) is 0 Å². The van der Waals surface area contributed by atoms with Gasteiger partial charge in [-0.3, -0.25) is 4.79 Å². The molecule has 0 aromatic rings. The number of hydrogen-bond acceptors (Lipinski definition) is 4. The highest BCUT2D eigenvalue weighted by atomic mass is 32.2. The summed E-state index contributed by atoms with van der Waals surface area (Å²) in [7, 11) is -3.17. The summed E-state index contributed by atoms with van der Waals surface area (Å²) in [5, 5.41) is 0. The van der Waals surface area contributed by atoms with E-state index in [0.717, 1.165) is 25.7 Å². The first kappa shape index (κ1) is 19.1. The Hall–Kier alpha value is -0.660. The summed E-state index contributed by atoms with van der Waals surface area (Å²) in [4.78, 5) is 15.0. The molecule has 1 aliphatic heterocycles. The first-order valence-corrected chi connectivity index (χ1v) is 11.7. The first-order chi connectivity index (χ1) is 11.8. The molecule has 1 heterocycles. The maximum atomic E-state index is 13.0. The van der Waals surface area contributed by atoms with Crippen molar-refractivity contribution in [3.8, 4) is 0 Å². The number of fused-ring (bicyclic) bond motifs is 2. The van der Waals surface area contributed by atoms with E-state index in [9.17, 15) is 13.2 Å². The van der Waals surface area contributed by atoms with E-state index in [0.29, 0.717) is 31.5 Å². The minimum atomic E-state index is -3.17. The highest BCUT2D eigenvalue weighted by molar-refractivity contribution is 7.88. The van der Waals surface area contributed by atoms with Crippen LogP contribution >= 0.6 is 0 Å². The normalized spacial score (nSPS) is 34.3. The molecular formula is C18H33N3O3S. The van der Waals surface area contributed by atoms with Gasteiger partial charge >= 0.3 is 0 Å².